The molecule has 2 rings (SSSR count). The summed E-state index contributed by atoms with van der Waals surface area (Å²) in [6, 6.07) is 9.45. The zero-order chi connectivity index (χ0) is 20.2. The molecule has 27 heavy (non-hydrogen) atoms. The molecule has 0 aliphatic carbocycles. The number of aryl methyl sites for hydroxylation is 1. The van der Waals surface area contributed by atoms with Crippen LogP contribution in [0.4, 0.5) is 24.5 Å². The van der Waals surface area contributed by atoms with Gasteiger partial charge in [-0.2, -0.15) is 13.2 Å². The molecule has 2 aromatic carbocycles. The molecule has 1 N–H and O–H groups in total. The number of alkyl halides is 3. The third kappa shape index (κ3) is 5.22. The number of benzene rings is 2. The van der Waals surface area contributed by atoms with Crippen LogP contribution in [-0.2, 0) is 15.8 Å². The van der Waals surface area contributed by atoms with Gasteiger partial charge in [0, 0.05) is 12.6 Å². The Kier molecular flexibility index (Phi) is 6.09. The largest absolute Gasteiger partial charge is 0.495 e. The van der Waals surface area contributed by atoms with Crippen LogP contribution in [0, 0.1) is 6.92 Å². The molecule has 0 bridgehead atoms. The Balaban J connectivity index is 2.22. The first-order valence-electron chi connectivity index (χ1n) is 8.01. The van der Waals surface area contributed by atoms with Gasteiger partial charge in [-0.1, -0.05) is 12.1 Å². The van der Waals surface area contributed by atoms with Crippen molar-refractivity contribution in [3.63, 3.8) is 0 Å². The maximum absolute atomic E-state index is 12.8. The summed E-state index contributed by atoms with van der Waals surface area (Å²) in [6.07, 6.45) is -4.51. The van der Waals surface area contributed by atoms with Gasteiger partial charge in [0.1, 0.15) is 12.3 Å². The number of ether oxygens (including phenoxy) is 1. The van der Waals surface area contributed by atoms with Crippen molar-refractivity contribution in [2.45, 2.75) is 20.0 Å². The second-order valence-electron chi connectivity index (χ2n) is 5.91. The lowest BCUT2D eigenvalue weighted by molar-refractivity contribution is -0.137. The maximum atomic E-state index is 12.8. The van der Waals surface area contributed by atoms with Gasteiger partial charge < -0.3 is 10.1 Å². The van der Waals surface area contributed by atoms with Crippen molar-refractivity contribution in [1.82, 2.24) is 0 Å². The first-order chi connectivity index (χ1) is 12.6. The van der Waals surface area contributed by atoms with E-state index in [1.165, 1.54) is 31.1 Å². The highest BCUT2D eigenvalue weighted by Gasteiger charge is 2.30. The highest BCUT2D eigenvalue weighted by molar-refractivity contribution is 6.02. The fourth-order valence-electron chi connectivity index (χ4n) is 2.49. The summed E-state index contributed by atoms with van der Waals surface area (Å²) >= 11 is 0. The molecule has 0 saturated heterocycles. The molecule has 0 atom stereocenters. The lowest BCUT2D eigenvalue weighted by Crippen LogP contribution is -2.37. The van der Waals surface area contributed by atoms with E-state index in [-0.39, 0.29) is 12.2 Å². The van der Waals surface area contributed by atoms with E-state index in [2.05, 4.69) is 5.32 Å². The van der Waals surface area contributed by atoms with Gasteiger partial charge in [0.05, 0.1) is 18.4 Å². The molecule has 0 aromatic heterocycles. The number of hydrogen-bond donors (Lipinski definition) is 1. The first kappa shape index (κ1) is 20.3. The van der Waals surface area contributed by atoms with Crippen molar-refractivity contribution >= 4 is 23.2 Å². The second kappa shape index (κ2) is 8.11. The Morgan fingerprint density at radius 1 is 1.15 bits per heavy atom. The number of nitrogens with one attached hydrogen (secondary N) is 1. The van der Waals surface area contributed by atoms with Gasteiger partial charge in [-0.3, -0.25) is 14.5 Å². The SMILES string of the molecule is COc1ccc(C)cc1N(CC(=O)Nc1cccc(C(F)(F)F)c1)C(C)=O. The Hall–Kier alpha value is -3.03. The molecule has 0 aliphatic rings. The Labute approximate surface area is 154 Å². The van der Waals surface area contributed by atoms with Gasteiger partial charge in [0.2, 0.25) is 11.8 Å². The number of carbonyl (C=O) groups excluding carboxylic acids is 2. The Bertz CT molecular complexity index is 850. The van der Waals surface area contributed by atoms with Crippen molar-refractivity contribution in [3.05, 3.63) is 53.6 Å². The lowest BCUT2D eigenvalue weighted by atomic mass is 10.1. The lowest BCUT2D eigenvalue weighted by Gasteiger charge is -2.23. The van der Waals surface area contributed by atoms with E-state index >= 15 is 0 Å². The normalized spacial score (nSPS) is 11.0. The van der Waals surface area contributed by atoms with E-state index in [9.17, 15) is 22.8 Å². The van der Waals surface area contributed by atoms with Gasteiger partial charge in [-0.15, -0.1) is 0 Å². The van der Waals surface area contributed by atoms with E-state index in [1.54, 1.807) is 18.2 Å². The summed E-state index contributed by atoms with van der Waals surface area (Å²) in [5.41, 5.74) is 0.387. The molecular weight excluding hydrogens is 361 g/mol. The van der Waals surface area contributed by atoms with Gasteiger partial charge in [0.25, 0.3) is 0 Å². The van der Waals surface area contributed by atoms with Crippen molar-refractivity contribution in [2.24, 2.45) is 0 Å². The molecule has 0 unspecified atom stereocenters. The molecule has 0 radical (unpaired) electrons. The number of rotatable bonds is 5. The van der Waals surface area contributed by atoms with Crippen LogP contribution >= 0.6 is 0 Å². The number of methoxy groups -OCH3 is 1. The van der Waals surface area contributed by atoms with E-state index in [1.807, 2.05) is 6.92 Å². The minimum atomic E-state index is -4.51. The molecular formula is C19H19F3N2O3. The smallest absolute Gasteiger partial charge is 0.416 e. The summed E-state index contributed by atoms with van der Waals surface area (Å²) in [7, 11) is 1.44. The van der Waals surface area contributed by atoms with Crippen LogP contribution in [0.3, 0.4) is 0 Å². The van der Waals surface area contributed by atoms with Crippen LogP contribution in [0.1, 0.15) is 18.1 Å². The van der Waals surface area contributed by atoms with Crippen LogP contribution < -0.4 is 15.0 Å². The van der Waals surface area contributed by atoms with Crippen LogP contribution in [0.15, 0.2) is 42.5 Å². The minimum absolute atomic E-state index is 0.00506. The van der Waals surface area contributed by atoms with Crippen molar-refractivity contribution in [1.29, 1.82) is 0 Å². The van der Waals surface area contributed by atoms with Crippen LogP contribution in [0.25, 0.3) is 0 Å². The average molecular weight is 380 g/mol. The van der Waals surface area contributed by atoms with Gasteiger partial charge in [-0.25, -0.2) is 0 Å². The fraction of sp³-hybridized carbons (Fsp3) is 0.263. The van der Waals surface area contributed by atoms with Crippen molar-refractivity contribution < 1.29 is 27.5 Å². The van der Waals surface area contributed by atoms with E-state index in [4.69, 9.17) is 4.74 Å². The predicted octanol–water partition coefficient (Wildman–Crippen LogP) is 4.01. The topological polar surface area (TPSA) is 58.6 Å². The monoisotopic (exact) mass is 380 g/mol. The van der Waals surface area contributed by atoms with Crippen LogP contribution in [0.5, 0.6) is 5.75 Å². The quantitative estimate of drug-likeness (QED) is 0.853. The molecule has 2 amide bonds. The fourth-order valence-corrected chi connectivity index (χ4v) is 2.49. The summed E-state index contributed by atoms with van der Waals surface area (Å²) < 4.78 is 43.6. The highest BCUT2D eigenvalue weighted by Crippen LogP contribution is 2.31. The van der Waals surface area contributed by atoms with Crippen LogP contribution in [-0.4, -0.2) is 25.5 Å². The third-order valence-corrected chi connectivity index (χ3v) is 3.78. The Morgan fingerprint density at radius 3 is 2.44 bits per heavy atom. The minimum Gasteiger partial charge on any atom is -0.495 e. The molecule has 8 heteroatoms. The standard InChI is InChI=1S/C19H19F3N2O3/c1-12-7-8-17(27-3)16(9-12)24(13(2)25)11-18(26)23-15-6-4-5-14(10-15)19(20,21)22/h4-10H,11H2,1-3H3,(H,23,26). The second-order valence-corrected chi connectivity index (χ2v) is 5.91. The molecule has 0 aliphatic heterocycles. The third-order valence-electron chi connectivity index (χ3n) is 3.78. The van der Waals surface area contributed by atoms with E-state index in [0.29, 0.717) is 11.4 Å². The number of carbonyl (C=O) groups is 2. The van der Waals surface area contributed by atoms with Crippen molar-refractivity contribution in [2.75, 3.05) is 23.9 Å². The predicted molar refractivity (Wildman–Crippen MR) is 95.8 cm³/mol. The van der Waals surface area contributed by atoms with Gasteiger partial charge in [-0.05, 0) is 42.8 Å². The van der Waals surface area contributed by atoms with Crippen molar-refractivity contribution in [3.8, 4) is 5.75 Å². The molecule has 5 nitrogen and oxygen atoms in total. The zero-order valence-electron chi connectivity index (χ0n) is 15.1. The summed E-state index contributed by atoms with van der Waals surface area (Å²) in [5, 5.41) is 2.39. The Morgan fingerprint density at radius 2 is 1.85 bits per heavy atom. The summed E-state index contributed by atoms with van der Waals surface area (Å²) in [5.74, 6) is -0.631. The van der Waals surface area contributed by atoms with E-state index in [0.717, 1.165) is 17.7 Å². The molecule has 0 saturated carbocycles. The average Bonchev–Trinajstić information content (AvgIpc) is 2.59. The number of nitrogens with zero attached hydrogens (tertiary/aromatic N) is 1. The van der Waals surface area contributed by atoms with E-state index < -0.39 is 23.6 Å². The molecule has 2 aromatic rings. The van der Waals surface area contributed by atoms with Gasteiger partial charge in [0.15, 0.2) is 0 Å². The molecule has 0 spiro atoms. The molecule has 0 heterocycles. The molecule has 144 valence electrons. The first-order valence-corrected chi connectivity index (χ1v) is 8.01. The number of anilines is 2. The molecule has 0 fully saturated rings. The number of amides is 2. The zero-order valence-corrected chi connectivity index (χ0v) is 15.1. The number of hydrogen-bond acceptors (Lipinski definition) is 3. The maximum Gasteiger partial charge on any atom is 0.416 e. The van der Waals surface area contributed by atoms with Gasteiger partial charge >= 0.3 is 6.18 Å². The van der Waals surface area contributed by atoms with Crippen LogP contribution in [0.2, 0.25) is 0 Å². The number of halogens is 3. The highest BCUT2D eigenvalue weighted by atomic mass is 19.4. The summed E-state index contributed by atoms with van der Waals surface area (Å²) in [6.45, 7) is 2.74. The summed E-state index contributed by atoms with van der Waals surface area (Å²) in [4.78, 5) is 25.6.